The van der Waals surface area contributed by atoms with Gasteiger partial charge in [0.05, 0.1) is 0 Å². The molecule has 1 aliphatic heterocycles. The Morgan fingerprint density at radius 1 is 1.00 bits per heavy atom. The lowest BCUT2D eigenvalue weighted by Crippen LogP contribution is -2.47. The van der Waals surface area contributed by atoms with Crippen LogP contribution in [0.1, 0.15) is 48.9 Å². The van der Waals surface area contributed by atoms with Crippen LogP contribution in [0.25, 0.3) is 0 Å². The van der Waals surface area contributed by atoms with Crippen molar-refractivity contribution in [1.29, 1.82) is 0 Å². The summed E-state index contributed by atoms with van der Waals surface area (Å²) in [4.78, 5) is 28.8. The molecule has 25 heavy (non-hydrogen) atoms. The molecule has 1 saturated carbocycles. The molecule has 2 amide bonds. The molecule has 0 unspecified atom stereocenters. The molecule has 2 fully saturated rings. The van der Waals surface area contributed by atoms with Crippen molar-refractivity contribution in [3.05, 3.63) is 29.8 Å². The smallest absolute Gasteiger partial charge is 0.253 e. The summed E-state index contributed by atoms with van der Waals surface area (Å²) in [7, 11) is 3.98. The van der Waals surface area contributed by atoms with Crippen molar-refractivity contribution in [3.8, 4) is 0 Å². The fourth-order valence-electron chi connectivity index (χ4n) is 3.82. The van der Waals surface area contributed by atoms with Gasteiger partial charge in [-0.15, -0.1) is 0 Å². The Kier molecular flexibility index (Phi) is 5.61. The van der Waals surface area contributed by atoms with Crippen molar-refractivity contribution in [2.75, 3.05) is 32.1 Å². The first-order valence-corrected chi connectivity index (χ1v) is 9.41. The average molecular weight is 343 g/mol. The van der Waals surface area contributed by atoms with Crippen molar-refractivity contribution >= 4 is 17.5 Å². The summed E-state index contributed by atoms with van der Waals surface area (Å²) in [6.45, 7) is 1.42. The molecule has 5 nitrogen and oxygen atoms in total. The maximum atomic E-state index is 12.6. The highest BCUT2D eigenvalue weighted by Crippen LogP contribution is 2.25. The van der Waals surface area contributed by atoms with Gasteiger partial charge in [0.2, 0.25) is 5.91 Å². The SMILES string of the molecule is CN(C)c1ccc(C(=O)N2CCC(NC(=O)C3CCCC3)CC2)cc1. The van der Waals surface area contributed by atoms with Gasteiger partial charge in [0.1, 0.15) is 0 Å². The van der Waals surface area contributed by atoms with Crippen LogP contribution in [-0.4, -0.2) is 49.9 Å². The summed E-state index contributed by atoms with van der Waals surface area (Å²) in [6, 6.07) is 7.95. The standard InChI is InChI=1S/C20H29N3O2/c1-22(2)18-9-7-16(8-10-18)20(25)23-13-11-17(12-14-23)21-19(24)15-5-3-4-6-15/h7-10,15,17H,3-6,11-14H2,1-2H3,(H,21,24). The number of anilines is 1. The molecule has 0 radical (unpaired) electrons. The molecule has 1 saturated heterocycles. The number of likely N-dealkylation sites (tertiary alicyclic amines) is 1. The quantitative estimate of drug-likeness (QED) is 0.914. The molecule has 1 aromatic carbocycles. The highest BCUT2D eigenvalue weighted by Gasteiger charge is 2.28. The van der Waals surface area contributed by atoms with Gasteiger partial charge in [-0.1, -0.05) is 12.8 Å². The monoisotopic (exact) mass is 343 g/mol. The predicted octanol–water partition coefficient (Wildman–Crippen LogP) is 2.66. The van der Waals surface area contributed by atoms with E-state index in [4.69, 9.17) is 0 Å². The van der Waals surface area contributed by atoms with Crippen LogP contribution >= 0.6 is 0 Å². The summed E-state index contributed by atoms with van der Waals surface area (Å²) < 4.78 is 0. The van der Waals surface area contributed by atoms with Crippen molar-refractivity contribution < 1.29 is 9.59 Å². The van der Waals surface area contributed by atoms with E-state index in [2.05, 4.69) is 5.32 Å². The minimum atomic E-state index is 0.0888. The fraction of sp³-hybridized carbons (Fsp3) is 0.600. The van der Waals surface area contributed by atoms with Crippen LogP contribution in [0.2, 0.25) is 0 Å². The molecular formula is C20H29N3O2. The third kappa shape index (κ3) is 4.33. The van der Waals surface area contributed by atoms with Crippen LogP contribution in [0.5, 0.6) is 0 Å². The number of benzene rings is 1. The van der Waals surface area contributed by atoms with Gasteiger partial charge in [-0.05, 0) is 49.9 Å². The maximum absolute atomic E-state index is 12.6. The summed E-state index contributed by atoms with van der Waals surface area (Å²) in [5, 5.41) is 3.20. The summed E-state index contributed by atoms with van der Waals surface area (Å²) in [5.74, 6) is 0.530. The summed E-state index contributed by atoms with van der Waals surface area (Å²) in [6.07, 6.45) is 6.12. The van der Waals surface area contributed by atoms with Gasteiger partial charge in [0.15, 0.2) is 0 Å². The molecule has 136 valence electrons. The topological polar surface area (TPSA) is 52.7 Å². The predicted molar refractivity (Wildman–Crippen MR) is 99.8 cm³/mol. The Morgan fingerprint density at radius 3 is 2.16 bits per heavy atom. The molecule has 0 aromatic heterocycles. The zero-order valence-corrected chi connectivity index (χ0v) is 15.3. The van der Waals surface area contributed by atoms with Gasteiger partial charge in [0, 0.05) is 50.4 Å². The van der Waals surface area contributed by atoms with Crippen molar-refractivity contribution in [2.24, 2.45) is 5.92 Å². The molecule has 3 rings (SSSR count). The molecule has 0 spiro atoms. The van der Waals surface area contributed by atoms with E-state index in [9.17, 15) is 9.59 Å². The lowest BCUT2D eigenvalue weighted by molar-refractivity contribution is -0.125. The van der Waals surface area contributed by atoms with Crippen LogP contribution in [0.4, 0.5) is 5.69 Å². The lowest BCUT2D eigenvalue weighted by Gasteiger charge is -2.33. The average Bonchev–Trinajstić information content (AvgIpc) is 3.17. The molecule has 1 heterocycles. The Balaban J connectivity index is 1.49. The highest BCUT2D eigenvalue weighted by molar-refractivity contribution is 5.94. The third-order valence-electron chi connectivity index (χ3n) is 5.49. The number of carbonyl (C=O) groups is 2. The first-order chi connectivity index (χ1) is 12.0. The van der Waals surface area contributed by atoms with E-state index in [1.807, 2.05) is 48.2 Å². The van der Waals surface area contributed by atoms with E-state index < -0.39 is 0 Å². The Hall–Kier alpha value is -2.04. The molecular weight excluding hydrogens is 314 g/mol. The number of nitrogens with one attached hydrogen (secondary N) is 1. The van der Waals surface area contributed by atoms with Crippen LogP contribution in [-0.2, 0) is 4.79 Å². The third-order valence-corrected chi connectivity index (χ3v) is 5.49. The second-order valence-corrected chi connectivity index (χ2v) is 7.50. The molecule has 5 heteroatoms. The van der Waals surface area contributed by atoms with Gasteiger partial charge in [0.25, 0.3) is 5.91 Å². The van der Waals surface area contributed by atoms with Crippen LogP contribution in [0, 0.1) is 5.92 Å². The normalized spacial score (nSPS) is 19.0. The van der Waals surface area contributed by atoms with E-state index in [0.717, 1.165) is 36.9 Å². The van der Waals surface area contributed by atoms with Gasteiger partial charge < -0.3 is 15.1 Å². The minimum Gasteiger partial charge on any atom is -0.378 e. The number of rotatable bonds is 4. The van der Waals surface area contributed by atoms with Crippen molar-refractivity contribution in [3.63, 3.8) is 0 Å². The second-order valence-electron chi connectivity index (χ2n) is 7.50. The van der Waals surface area contributed by atoms with E-state index in [1.165, 1.54) is 12.8 Å². The Morgan fingerprint density at radius 2 is 1.60 bits per heavy atom. The highest BCUT2D eigenvalue weighted by atomic mass is 16.2. The number of piperidine rings is 1. The zero-order chi connectivity index (χ0) is 17.8. The van der Waals surface area contributed by atoms with Crippen molar-refractivity contribution in [2.45, 2.75) is 44.6 Å². The summed E-state index contributed by atoms with van der Waals surface area (Å²) >= 11 is 0. The van der Waals surface area contributed by atoms with E-state index in [1.54, 1.807) is 0 Å². The molecule has 0 bridgehead atoms. The number of hydrogen-bond donors (Lipinski definition) is 1. The van der Waals surface area contributed by atoms with Gasteiger partial charge >= 0.3 is 0 Å². The van der Waals surface area contributed by atoms with E-state index in [-0.39, 0.29) is 23.8 Å². The number of amides is 2. The first-order valence-electron chi connectivity index (χ1n) is 9.41. The molecule has 2 aliphatic rings. The lowest BCUT2D eigenvalue weighted by atomic mass is 10.0. The maximum Gasteiger partial charge on any atom is 0.253 e. The van der Waals surface area contributed by atoms with Crippen molar-refractivity contribution in [1.82, 2.24) is 10.2 Å². The van der Waals surface area contributed by atoms with Gasteiger partial charge in [-0.2, -0.15) is 0 Å². The molecule has 1 N–H and O–H groups in total. The number of hydrogen-bond acceptors (Lipinski definition) is 3. The first kappa shape index (κ1) is 17.8. The van der Waals surface area contributed by atoms with Crippen LogP contribution in [0.3, 0.4) is 0 Å². The zero-order valence-electron chi connectivity index (χ0n) is 15.3. The Bertz CT molecular complexity index is 598. The van der Waals surface area contributed by atoms with E-state index >= 15 is 0 Å². The van der Waals surface area contributed by atoms with Gasteiger partial charge in [-0.25, -0.2) is 0 Å². The fourth-order valence-corrected chi connectivity index (χ4v) is 3.82. The number of carbonyl (C=O) groups excluding carboxylic acids is 2. The minimum absolute atomic E-state index is 0.0888. The van der Waals surface area contributed by atoms with Gasteiger partial charge in [-0.3, -0.25) is 9.59 Å². The van der Waals surface area contributed by atoms with E-state index in [0.29, 0.717) is 13.1 Å². The second kappa shape index (κ2) is 7.89. The largest absolute Gasteiger partial charge is 0.378 e. The van der Waals surface area contributed by atoms with Crippen LogP contribution in [0.15, 0.2) is 24.3 Å². The summed E-state index contributed by atoms with van der Waals surface area (Å²) in [5.41, 5.74) is 1.82. The Labute approximate surface area is 150 Å². The number of nitrogens with zero attached hydrogens (tertiary/aromatic N) is 2. The van der Waals surface area contributed by atoms with Crippen LogP contribution < -0.4 is 10.2 Å². The molecule has 1 aliphatic carbocycles. The molecule has 1 aromatic rings. The molecule has 0 atom stereocenters.